The van der Waals surface area contributed by atoms with Crippen LogP contribution in [0.5, 0.6) is 0 Å². The molecule has 3 rings (SSSR count). The van der Waals surface area contributed by atoms with Crippen molar-refractivity contribution in [3.8, 4) is 0 Å². The predicted octanol–water partition coefficient (Wildman–Crippen LogP) is 2.88. The first-order valence-electron chi connectivity index (χ1n) is 8.72. The van der Waals surface area contributed by atoms with Gasteiger partial charge in [0, 0.05) is 36.9 Å². The maximum Gasteiger partial charge on any atom is 0.319 e. The average Bonchev–Trinajstić information content (AvgIpc) is 3.17. The lowest BCUT2D eigenvalue weighted by atomic mass is 10.1. The van der Waals surface area contributed by atoms with E-state index in [1.165, 1.54) is 24.1 Å². The zero-order valence-corrected chi connectivity index (χ0v) is 13.8. The number of carbonyl (C=O) groups is 1. The van der Waals surface area contributed by atoms with Crippen LogP contribution in [0.1, 0.15) is 37.7 Å². The molecule has 126 valence electrons. The van der Waals surface area contributed by atoms with Crippen molar-refractivity contribution in [1.29, 1.82) is 0 Å². The van der Waals surface area contributed by atoms with Crippen LogP contribution >= 0.6 is 0 Å². The van der Waals surface area contributed by atoms with Gasteiger partial charge in [0.05, 0.1) is 6.10 Å². The fourth-order valence-electron chi connectivity index (χ4n) is 3.70. The summed E-state index contributed by atoms with van der Waals surface area (Å²) in [5.41, 5.74) is 3.27. The topological polar surface area (TPSA) is 64.6 Å². The largest absolute Gasteiger partial charge is 0.393 e. The summed E-state index contributed by atoms with van der Waals surface area (Å²) in [6, 6.07) is 5.89. The number of carbonyl (C=O) groups excluding carboxylic acids is 1. The number of nitrogens with zero attached hydrogens (tertiary/aromatic N) is 1. The van der Waals surface area contributed by atoms with Crippen LogP contribution in [0.4, 0.5) is 16.2 Å². The number of amides is 2. The molecule has 5 heteroatoms. The number of aryl methyl sites for hydroxylation is 1. The minimum atomic E-state index is -0.266. The van der Waals surface area contributed by atoms with E-state index < -0.39 is 0 Å². The Labute approximate surface area is 138 Å². The minimum absolute atomic E-state index is 0.194. The smallest absolute Gasteiger partial charge is 0.319 e. The van der Waals surface area contributed by atoms with E-state index in [1.54, 1.807) is 0 Å². The summed E-state index contributed by atoms with van der Waals surface area (Å²) in [5.74, 6) is 0.194. The number of rotatable bonds is 4. The number of aliphatic hydroxyl groups excluding tert-OH is 1. The van der Waals surface area contributed by atoms with Crippen molar-refractivity contribution in [2.24, 2.45) is 5.92 Å². The van der Waals surface area contributed by atoms with Gasteiger partial charge < -0.3 is 20.6 Å². The van der Waals surface area contributed by atoms with Gasteiger partial charge in [0.1, 0.15) is 0 Å². The van der Waals surface area contributed by atoms with Crippen molar-refractivity contribution in [3.63, 3.8) is 0 Å². The Balaban J connectivity index is 1.53. The second-order valence-electron chi connectivity index (χ2n) is 6.79. The number of anilines is 2. The molecular weight excluding hydrogens is 290 g/mol. The fraction of sp³-hybridized carbons (Fsp3) is 0.611. The first-order chi connectivity index (χ1) is 11.1. The normalized spacial score (nSPS) is 24.0. The van der Waals surface area contributed by atoms with Gasteiger partial charge in [-0.1, -0.05) is 6.42 Å². The summed E-state index contributed by atoms with van der Waals surface area (Å²) in [4.78, 5) is 14.4. The molecule has 2 aliphatic rings. The Hall–Kier alpha value is -1.75. The molecule has 0 radical (unpaired) electrons. The van der Waals surface area contributed by atoms with Gasteiger partial charge in [0.15, 0.2) is 0 Å². The highest BCUT2D eigenvalue weighted by Crippen LogP contribution is 2.27. The number of urea groups is 1. The number of nitrogens with one attached hydrogen (secondary N) is 2. The Morgan fingerprint density at radius 3 is 2.70 bits per heavy atom. The van der Waals surface area contributed by atoms with Crippen LogP contribution in [0.25, 0.3) is 0 Å². The molecule has 1 aliphatic heterocycles. The summed E-state index contributed by atoms with van der Waals surface area (Å²) in [7, 11) is 0. The molecule has 1 saturated carbocycles. The molecule has 0 aromatic heterocycles. The molecule has 1 saturated heterocycles. The third-order valence-electron chi connectivity index (χ3n) is 5.05. The fourth-order valence-corrected chi connectivity index (χ4v) is 3.70. The van der Waals surface area contributed by atoms with Crippen LogP contribution < -0.4 is 15.5 Å². The lowest BCUT2D eigenvalue weighted by Crippen LogP contribution is -2.35. The third-order valence-corrected chi connectivity index (χ3v) is 5.05. The highest BCUT2D eigenvalue weighted by atomic mass is 16.3. The van der Waals surface area contributed by atoms with Gasteiger partial charge in [-0.2, -0.15) is 0 Å². The van der Waals surface area contributed by atoms with E-state index in [0.29, 0.717) is 6.54 Å². The monoisotopic (exact) mass is 317 g/mol. The van der Waals surface area contributed by atoms with E-state index in [4.69, 9.17) is 0 Å². The van der Waals surface area contributed by atoms with Crippen molar-refractivity contribution >= 4 is 17.4 Å². The third kappa shape index (κ3) is 3.96. The van der Waals surface area contributed by atoms with Gasteiger partial charge in [-0.05, 0) is 56.4 Å². The SMILES string of the molecule is Cc1cc(NC(=O)NCC2CCCC2O)ccc1N1CCCC1. The highest BCUT2D eigenvalue weighted by molar-refractivity contribution is 5.89. The van der Waals surface area contributed by atoms with E-state index >= 15 is 0 Å². The second-order valence-corrected chi connectivity index (χ2v) is 6.79. The van der Waals surface area contributed by atoms with Gasteiger partial charge in [-0.15, -0.1) is 0 Å². The van der Waals surface area contributed by atoms with Gasteiger partial charge in [0.2, 0.25) is 0 Å². The zero-order valence-electron chi connectivity index (χ0n) is 13.8. The van der Waals surface area contributed by atoms with Crippen molar-refractivity contribution in [3.05, 3.63) is 23.8 Å². The molecule has 2 unspecified atom stereocenters. The van der Waals surface area contributed by atoms with Crippen LogP contribution in [-0.2, 0) is 0 Å². The minimum Gasteiger partial charge on any atom is -0.393 e. The van der Waals surface area contributed by atoms with Crippen molar-refractivity contribution in [2.45, 2.75) is 45.1 Å². The number of hydrogen-bond donors (Lipinski definition) is 3. The average molecular weight is 317 g/mol. The van der Waals surface area contributed by atoms with Crippen LogP contribution in [0.2, 0.25) is 0 Å². The van der Waals surface area contributed by atoms with E-state index in [-0.39, 0.29) is 18.1 Å². The molecule has 3 N–H and O–H groups in total. The number of aliphatic hydroxyl groups is 1. The molecule has 23 heavy (non-hydrogen) atoms. The van der Waals surface area contributed by atoms with E-state index in [0.717, 1.165) is 38.0 Å². The van der Waals surface area contributed by atoms with Gasteiger partial charge in [0.25, 0.3) is 0 Å². The molecule has 1 aromatic carbocycles. The molecule has 1 heterocycles. The van der Waals surface area contributed by atoms with Gasteiger partial charge in [-0.3, -0.25) is 0 Å². The molecular formula is C18H27N3O2. The van der Waals surface area contributed by atoms with Crippen LogP contribution in [0.3, 0.4) is 0 Å². The Morgan fingerprint density at radius 2 is 2.04 bits per heavy atom. The lowest BCUT2D eigenvalue weighted by Gasteiger charge is -2.21. The Bertz CT molecular complexity index is 555. The van der Waals surface area contributed by atoms with Gasteiger partial charge in [-0.25, -0.2) is 4.79 Å². The zero-order chi connectivity index (χ0) is 16.2. The quantitative estimate of drug-likeness (QED) is 0.800. The molecule has 1 aromatic rings. The number of hydrogen-bond acceptors (Lipinski definition) is 3. The van der Waals surface area contributed by atoms with Crippen LogP contribution in [0.15, 0.2) is 18.2 Å². The Morgan fingerprint density at radius 1 is 1.26 bits per heavy atom. The predicted molar refractivity (Wildman–Crippen MR) is 93.0 cm³/mol. The molecule has 2 atom stereocenters. The van der Waals surface area contributed by atoms with Crippen LogP contribution in [-0.4, -0.2) is 36.9 Å². The molecule has 2 amide bonds. The summed E-state index contributed by atoms with van der Waals surface area (Å²) >= 11 is 0. The summed E-state index contributed by atoms with van der Waals surface area (Å²) in [6.07, 6.45) is 5.14. The van der Waals surface area contributed by atoms with Crippen molar-refractivity contribution in [2.75, 3.05) is 29.9 Å². The Kier molecular flexibility index (Phi) is 5.06. The summed E-state index contributed by atoms with van der Waals surface area (Å²) in [5, 5.41) is 15.5. The molecule has 2 fully saturated rings. The first kappa shape index (κ1) is 16.1. The molecule has 5 nitrogen and oxygen atoms in total. The van der Waals surface area contributed by atoms with E-state index in [9.17, 15) is 9.90 Å². The van der Waals surface area contributed by atoms with Crippen molar-refractivity contribution in [1.82, 2.24) is 5.32 Å². The lowest BCUT2D eigenvalue weighted by molar-refractivity contribution is 0.133. The maximum atomic E-state index is 12.0. The van der Waals surface area contributed by atoms with E-state index in [2.05, 4.69) is 28.5 Å². The van der Waals surface area contributed by atoms with Crippen LogP contribution in [0, 0.1) is 12.8 Å². The highest BCUT2D eigenvalue weighted by Gasteiger charge is 2.25. The molecule has 1 aliphatic carbocycles. The molecule has 0 spiro atoms. The number of benzene rings is 1. The van der Waals surface area contributed by atoms with Crippen molar-refractivity contribution < 1.29 is 9.90 Å². The maximum absolute atomic E-state index is 12.0. The van der Waals surface area contributed by atoms with E-state index in [1.807, 2.05) is 12.1 Å². The van der Waals surface area contributed by atoms with Gasteiger partial charge >= 0.3 is 6.03 Å². The first-order valence-corrected chi connectivity index (χ1v) is 8.72. The summed E-state index contributed by atoms with van der Waals surface area (Å²) < 4.78 is 0. The molecule has 0 bridgehead atoms. The standard InChI is InChI=1S/C18H27N3O2/c1-13-11-15(7-8-16(13)21-9-2-3-10-21)20-18(23)19-12-14-5-4-6-17(14)22/h7-8,11,14,17,22H,2-6,9-10,12H2,1H3,(H2,19,20,23). The second kappa shape index (κ2) is 7.21. The summed E-state index contributed by atoms with van der Waals surface area (Å²) in [6.45, 7) is 4.87.